The summed E-state index contributed by atoms with van der Waals surface area (Å²) in [6.45, 7) is 16.7. The Hall–Kier alpha value is -1.52. The summed E-state index contributed by atoms with van der Waals surface area (Å²) in [6, 6.07) is -0.167. The summed E-state index contributed by atoms with van der Waals surface area (Å²) in [5.41, 5.74) is -2.33. The van der Waals surface area contributed by atoms with Gasteiger partial charge in [-0.05, 0) is 66.5 Å². The molecule has 0 amide bonds. The number of hydrogen-bond acceptors (Lipinski definition) is 9. The minimum absolute atomic E-state index is 0.145. The van der Waals surface area contributed by atoms with Crippen LogP contribution in [0, 0.1) is 23.2 Å². The first-order chi connectivity index (χ1) is 17.5. The second kappa shape index (κ2) is 13.2. The van der Waals surface area contributed by atoms with Gasteiger partial charge in [-0.3, -0.25) is 9.59 Å². The van der Waals surface area contributed by atoms with Gasteiger partial charge in [0.25, 0.3) is 0 Å². The number of nitrogens with zero attached hydrogens (tertiary/aromatic N) is 2. The molecule has 9 heteroatoms. The molecule has 0 aromatic heterocycles. The molecule has 2 aliphatic heterocycles. The van der Waals surface area contributed by atoms with E-state index in [0.29, 0.717) is 25.3 Å². The van der Waals surface area contributed by atoms with Crippen molar-refractivity contribution in [3.63, 3.8) is 0 Å². The van der Waals surface area contributed by atoms with Gasteiger partial charge < -0.3 is 33.9 Å². The lowest BCUT2D eigenvalue weighted by Gasteiger charge is -2.47. The maximum Gasteiger partial charge on any atom is 0.323 e. The lowest BCUT2D eigenvalue weighted by Crippen LogP contribution is -2.59. The summed E-state index contributed by atoms with van der Waals surface area (Å²) >= 11 is 0. The molecule has 0 aromatic rings. The molecule has 1 N–H and O–H groups in total. The predicted molar refractivity (Wildman–Crippen MR) is 146 cm³/mol. The molecule has 8 atom stereocenters. The van der Waals surface area contributed by atoms with Gasteiger partial charge in [0.05, 0.1) is 17.8 Å². The Morgan fingerprint density at radius 3 is 2.37 bits per heavy atom. The zero-order chi connectivity index (χ0) is 29.0. The predicted octanol–water partition coefficient (Wildman–Crippen LogP) is 3.45. The average Bonchev–Trinajstić information content (AvgIpc) is 2.81. The molecule has 9 nitrogen and oxygen atoms in total. The van der Waals surface area contributed by atoms with Crippen molar-refractivity contribution in [2.45, 2.75) is 104 Å². The highest BCUT2D eigenvalue weighted by Gasteiger charge is 2.51. The topological polar surface area (TPSA) is 97.8 Å². The first-order valence-electron chi connectivity index (χ1n) is 13.9. The number of hydrogen-bond donors (Lipinski definition) is 1. The van der Waals surface area contributed by atoms with Crippen molar-refractivity contribution in [3.05, 3.63) is 12.5 Å². The van der Waals surface area contributed by atoms with E-state index < -0.39 is 41.4 Å². The highest BCUT2D eigenvalue weighted by Crippen LogP contribution is 2.38. The summed E-state index contributed by atoms with van der Waals surface area (Å²) < 4.78 is 24.2. The van der Waals surface area contributed by atoms with Gasteiger partial charge in [0, 0.05) is 38.4 Å². The molecule has 1 saturated heterocycles. The number of Topliss-reactive ketones (excluding diaryl/α,β-unsaturated/α-hetero) is 1. The molecule has 220 valence electrons. The van der Waals surface area contributed by atoms with Crippen molar-refractivity contribution in [1.82, 2.24) is 9.80 Å². The SMILES string of the molecule is COC1(C)CC(C)CN(CC(C)C)C=COC(=O)C(C)(C)C(=O)C(C)C1O[C@@H]1O[C@H](C)C[C@H](N(C)C)[C@H]1O. The van der Waals surface area contributed by atoms with Crippen molar-refractivity contribution >= 4 is 11.8 Å². The minimum atomic E-state index is -1.42. The molecule has 0 aromatic carbocycles. The fourth-order valence-corrected chi connectivity index (χ4v) is 5.86. The van der Waals surface area contributed by atoms with E-state index in [2.05, 4.69) is 25.7 Å². The zero-order valence-electron chi connectivity index (χ0n) is 25.4. The third kappa shape index (κ3) is 7.78. The Morgan fingerprint density at radius 1 is 1.18 bits per heavy atom. The van der Waals surface area contributed by atoms with Gasteiger partial charge >= 0.3 is 5.97 Å². The third-order valence-electron chi connectivity index (χ3n) is 7.97. The lowest BCUT2D eigenvalue weighted by molar-refractivity contribution is -0.295. The Morgan fingerprint density at radius 2 is 1.82 bits per heavy atom. The van der Waals surface area contributed by atoms with Crippen LogP contribution in [0.5, 0.6) is 0 Å². The molecule has 4 unspecified atom stereocenters. The van der Waals surface area contributed by atoms with Crippen LogP contribution in [0.1, 0.15) is 68.2 Å². The fraction of sp³-hybridized carbons (Fsp3) is 0.862. The van der Waals surface area contributed by atoms with Gasteiger partial charge in [0.2, 0.25) is 0 Å². The molecular formula is C29H52N2O7. The van der Waals surface area contributed by atoms with Crippen molar-refractivity contribution in [3.8, 4) is 0 Å². The summed E-state index contributed by atoms with van der Waals surface area (Å²) in [6.07, 6.45) is 1.58. The molecule has 2 rings (SSSR count). The molecule has 0 spiro atoms. The van der Waals surface area contributed by atoms with E-state index in [4.69, 9.17) is 18.9 Å². The van der Waals surface area contributed by atoms with Gasteiger partial charge in [-0.1, -0.05) is 27.7 Å². The van der Waals surface area contributed by atoms with Crippen LogP contribution in [0.3, 0.4) is 0 Å². The van der Waals surface area contributed by atoms with E-state index >= 15 is 0 Å². The smallest absolute Gasteiger partial charge is 0.323 e. The van der Waals surface area contributed by atoms with Gasteiger partial charge in [-0.25, -0.2) is 0 Å². The van der Waals surface area contributed by atoms with E-state index in [-0.39, 0.29) is 23.8 Å². The largest absolute Gasteiger partial charge is 0.432 e. The average molecular weight is 541 g/mol. The van der Waals surface area contributed by atoms with E-state index in [1.165, 1.54) is 6.26 Å². The number of ketones is 1. The number of aliphatic hydroxyl groups excluding tert-OH is 1. The van der Waals surface area contributed by atoms with Crippen LogP contribution in [0.25, 0.3) is 0 Å². The Bertz CT molecular complexity index is 830. The number of carbonyl (C=O) groups excluding carboxylic acids is 2. The van der Waals surface area contributed by atoms with E-state index in [1.54, 1.807) is 34.1 Å². The van der Waals surface area contributed by atoms with Crippen LogP contribution in [0.4, 0.5) is 0 Å². The number of carbonyl (C=O) groups is 2. The molecular weight excluding hydrogens is 488 g/mol. The Labute approximate surface area is 229 Å². The van der Waals surface area contributed by atoms with Gasteiger partial charge in [0.15, 0.2) is 12.1 Å². The monoisotopic (exact) mass is 540 g/mol. The number of methoxy groups -OCH3 is 1. The standard InChI is InChI=1S/C29H52N2O7/c1-18(2)16-31-12-13-36-27(34)28(6,7)24(33)21(5)25(29(8,35-11)15-19(3)17-31)38-26-23(32)22(30(9)10)14-20(4)37-26/h12-13,18-23,25-26,32H,14-17H2,1-11H3/t19?,20-,21?,22+,23-,25?,26+,29?/m1/s1. The molecule has 1 fully saturated rings. The van der Waals surface area contributed by atoms with Crippen LogP contribution < -0.4 is 0 Å². The normalized spacial score (nSPS) is 37.5. The van der Waals surface area contributed by atoms with Crippen LogP contribution in [0.15, 0.2) is 12.5 Å². The van der Waals surface area contributed by atoms with Gasteiger partial charge in [0.1, 0.15) is 17.8 Å². The van der Waals surface area contributed by atoms with E-state index in [1.807, 2.05) is 32.8 Å². The van der Waals surface area contributed by atoms with Crippen molar-refractivity contribution < 1.29 is 33.6 Å². The Balaban J connectivity index is 2.53. The highest BCUT2D eigenvalue weighted by molar-refractivity contribution is 6.04. The molecule has 0 aliphatic carbocycles. The summed E-state index contributed by atoms with van der Waals surface area (Å²) in [5, 5.41) is 11.2. The van der Waals surface area contributed by atoms with Crippen molar-refractivity contribution in [1.29, 1.82) is 0 Å². The van der Waals surface area contributed by atoms with Gasteiger partial charge in [-0.15, -0.1) is 0 Å². The number of ether oxygens (including phenoxy) is 4. The molecule has 0 radical (unpaired) electrons. The van der Waals surface area contributed by atoms with Crippen LogP contribution in [0.2, 0.25) is 0 Å². The fourth-order valence-electron chi connectivity index (χ4n) is 5.86. The van der Waals surface area contributed by atoms with Crippen LogP contribution in [-0.2, 0) is 28.5 Å². The van der Waals surface area contributed by atoms with Crippen molar-refractivity contribution in [2.24, 2.45) is 23.2 Å². The van der Waals surface area contributed by atoms with E-state index in [0.717, 1.165) is 6.54 Å². The molecule has 38 heavy (non-hydrogen) atoms. The maximum atomic E-state index is 13.9. The third-order valence-corrected chi connectivity index (χ3v) is 7.97. The van der Waals surface area contributed by atoms with Crippen LogP contribution >= 0.6 is 0 Å². The van der Waals surface area contributed by atoms with Crippen molar-refractivity contribution in [2.75, 3.05) is 34.3 Å². The number of esters is 1. The highest BCUT2D eigenvalue weighted by atomic mass is 16.7. The van der Waals surface area contributed by atoms with Crippen LogP contribution in [-0.4, -0.2) is 97.2 Å². The first kappa shape index (κ1) is 32.7. The molecule has 0 saturated carbocycles. The molecule has 0 bridgehead atoms. The second-order valence-electron chi connectivity index (χ2n) is 12.8. The number of rotatable bonds is 6. The summed E-state index contributed by atoms with van der Waals surface area (Å²) in [5.74, 6) is -1.16. The van der Waals surface area contributed by atoms with E-state index in [9.17, 15) is 14.7 Å². The number of aliphatic hydroxyl groups is 1. The lowest BCUT2D eigenvalue weighted by atomic mass is 9.74. The molecule has 2 aliphatic rings. The zero-order valence-corrected chi connectivity index (χ0v) is 25.4. The summed E-state index contributed by atoms with van der Waals surface area (Å²) in [7, 11) is 5.45. The van der Waals surface area contributed by atoms with Gasteiger partial charge in [-0.2, -0.15) is 0 Å². The maximum absolute atomic E-state index is 13.9. The second-order valence-corrected chi connectivity index (χ2v) is 12.8. The molecule has 2 heterocycles. The summed E-state index contributed by atoms with van der Waals surface area (Å²) in [4.78, 5) is 31.0. The number of cyclic esters (lactones) is 1. The first-order valence-corrected chi connectivity index (χ1v) is 13.9. The quantitative estimate of drug-likeness (QED) is 0.401. The Kier molecular flexibility index (Phi) is 11.4. The minimum Gasteiger partial charge on any atom is -0.432 e. The number of likely N-dealkylation sites (N-methyl/N-ethyl adjacent to an activating group) is 1.